The van der Waals surface area contributed by atoms with Crippen LogP contribution in [0.25, 0.3) is 0 Å². The first-order valence-electron chi connectivity index (χ1n) is 9.71. The molecule has 29 heavy (non-hydrogen) atoms. The molecule has 0 radical (unpaired) electrons. The summed E-state index contributed by atoms with van der Waals surface area (Å²) in [6, 6.07) is 6.86. The van der Waals surface area contributed by atoms with Gasteiger partial charge in [-0.15, -0.1) is 0 Å². The maximum atomic E-state index is 11.7. The third-order valence-corrected chi connectivity index (χ3v) is 6.04. The van der Waals surface area contributed by atoms with Crippen molar-refractivity contribution < 1.29 is 19.4 Å². The van der Waals surface area contributed by atoms with Crippen molar-refractivity contribution in [3.8, 4) is 5.75 Å². The van der Waals surface area contributed by atoms with Crippen molar-refractivity contribution >= 4 is 23.4 Å². The van der Waals surface area contributed by atoms with E-state index in [-0.39, 0.29) is 6.10 Å². The molecule has 2 aromatic rings. The third-order valence-electron chi connectivity index (χ3n) is 5.77. The second-order valence-corrected chi connectivity index (χ2v) is 8.14. The molecule has 0 amide bonds. The van der Waals surface area contributed by atoms with E-state index in [0.29, 0.717) is 40.4 Å². The molecule has 2 heterocycles. The van der Waals surface area contributed by atoms with Crippen molar-refractivity contribution in [2.45, 2.75) is 32.0 Å². The number of carbonyl (C=O) groups is 1. The van der Waals surface area contributed by atoms with E-state index in [4.69, 9.17) is 21.1 Å². The molecule has 8 heteroatoms. The lowest BCUT2D eigenvalue weighted by Crippen LogP contribution is -2.42. The minimum Gasteiger partial charge on any atom is -0.488 e. The number of aryl methyl sites for hydroxylation is 1. The molecule has 4 atom stereocenters. The van der Waals surface area contributed by atoms with Crippen molar-refractivity contribution in [2.75, 3.05) is 25.1 Å². The highest BCUT2D eigenvalue weighted by Crippen LogP contribution is 2.40. The Labute approximate surface area is 174 Å². The van der Waals surface area contributed by atoms with E-state index in [1.54, 1.807) is 30.5 Å². The van der Waals surface area contributed by atoms with Crippen LogP contribution in [0.4, 0.5) is 5.82 Å². The molecule has 0 unspecified atom stereocenters. The summed E-state index contributed by atoms with van der Waals surface area (Å²) in [5.74, 6) is 2.32. The Morgan fingerprint density at radius 2 is 2.03 bits per heavy atom. The number of nitrogens with zero attached hydrogens (tertiary/aromatic N) is 3. The summed E-state index contributed by atoms with van der Waals surface area (Å²) in [5, 5.41) is 11.2. The van der Waals surface area contributed by atoms with Crippen LogP contribution >= 0.6 is 11.6 Å². The predicted octanol–water partition coefficient (Wildman–Crippen LogP) is 2.88. The van der Waals surface area contributed by atoms with E-state index in [2.05, 4.69) is 14.9 Å². The number of benzene rings is 1. The highest BCUT2D eigenvalue weighted by molar-refractivity contribution is 6.32. The normalized spacial score (nSPS) is 26.1. The SMILES string of the molecule is COC(=O)c1cccc(O[C@@H]2C[C@@H]3CN(c4nc(C)ncc4Cl)C[C@@H]3C[C@H]2O)c1. The Kier molecular flexibility index (Phi) is 5.61. The van der Waals surface area contributed by atoms with E-state index in [0.717, 1.165) is 25.3 Å². The molecule has 1 aliphatic heterocycles. The van der Waals surface area contributed by atoms with Gasteiger partial charge in [-0.2, -0.15) is 0 Å². The summed E-state index contributed by atoms with van der Waals surface area (Å²) in [6.07, 6.45) is 2.12. The maximum Gasteiger partial charge on any atom is 0.337 e. The van der Waals surface area contributed by atoms with E-state index >= 15 is 0 Å². The van der Waals surface area contributed by atoms with Crippen molar-refractivity contribution in [2.24, 2.45) is 11.8 Å². The van der Waals surface area contributed by atoms with Crippen molar-refractivity contribution in [3.63, 3.8) is 0 Å². The zero-order chi connectivity index (χ0) is 20.5. The van der Waals surface area contributed by atoms with Crippen LogP contribution in [0.1, 0.15) is 29.0 Å². The molecule has 1 saturated carbocycles. The zero-order valence-electron chi connectivity index (χ0n) is 16.4. The standard InChI is InChI=1S/C21H24ClN3O4/c1-12-23-9-17(22)20(24-12)25-10-14-7-18(26)19(8-15(14)11-25)29-16-5-3-4-13(6-16)21(27)28-2/h3-6,9,14-15,18-19,26H,7-8,10-11H2,1-2H3/t14-,15+,18+,19+/m0/s1. The summed E-state index contributed by atoms with van der Waals surface area (Å²) >= 11 is 6.31. The van der Waals surface area contributed by atoms with Gasteiger partial charge in [0.25, 0.3) is 0 Å². The van der Waals surface area contributed by atoms with Crippen LogP contribution < -0.4 is 9.64 Å². The van der Waals surface area contributed by atoms with E-state index in [1.807, 2.05) is 6.92 Å². The largest absolute Gasteiger partial charge is 0.488 e. The van der Waals surface area contributed by atoms with Crippen LogP contribution in [-0.4, -0.2) is 53.5 Å². The Balaban J connectivity index is 1.46. The minimum atomic E-state index is -0.569. The molecule has 1 aromatic heterocycles. The lowest BCUT2D eigenvalue weighted by atomic mass is 9.78. The molecule has 1 aliphatic carbocycles. The lowest BCUT2D eigenvalue weighted by Gasteiger charge is -2.35. The summed E-state index contributed by atoms with van der Waals surface area (Å²) in [6.45, 7) is 3.47. The van der Waals surface area contributed by atoms with Gasteiger partial charge in [-0.05, 0) is 49.8 Å². The number of aliphatic hydroxyl groups excluding tert-OH is 1. The van der Waals surface area contributed by atoms with Gasteiger partial charge in [0.15, 0.2) is 5.82 Å². The molecule has 2 fully saturated rings. The highest BCUT2D eigenvalue weighted by atomic mass is 35.5. The molecule has 0 bridgehead atoms. The zero-order valence-corrected chi connectivity index (χ0v) is 17.2. The first kappa shape index (κ1) is 19.9. The van der Waals surface area contributed by atoms with E-state index in [1.165, 1.54) is 7.11 Å². The molecule has 0 spiro atoms. The smallest absolute Gasteiger partial charge is 0.337 e. The van der Waals surface area contributed by atoms with Gasteiger partial charge in [-0.25, -0.2) is 14.8 Å². The first-order chi connectivity index (χ1) is 13.9. The molecule has 1 saturated heterocycles. The summed E-state index contributed by atoms with van der Waals surface area (Å²) in [7, 11) is 1.35. The lowest BCUT2D eigenvalue weighted by molar-refractivity contribution is -0.0231. The van der Waals surface area contributed by atoms with Crippen LogP contribution in [0.5, 0.6) is 5.75 Å². The van der Waals surface area contributed by atoms with Crippen molar-refractivity contribution in [1.29, 1.82) is 0 Å². The fourth-order valence-electron chi connectivity index (χ4n) is 4.34. The Bertz CT molecular complexity index is 909. The fraction of sp³-hybridized carbons (Fsp3) is 0.476. The number of rotatable bonds is 4. The Hall–Kier alpha value is -2.38. The first-order valence-corrected chi connectivity index (χ1v) is 10.1. The highest BCUT2D eigenvalue weighted by Gasteiger charge is 2.43. The molecule has 4 rings (SSSR count). The monoisotopic (exact) mass is 417 g/mol. The van der Waals surface area contributed by atoms with Gasteiger partial charge < -0.3 is 19.5 Å². The van der Waals surface area contributed by atoms with E-state index < -0.39 is 12.1 Å². The number of carbonyl (C=O) groups excluding carboxylic acids is 1. The van der Waals surface area contributed by atoms with Gasteiger partial charge >= 0.3 is 5.97 Å². The summed E-state index contributed by atoms with van der Waals surface area (Å²) in [4.78, 5) is 22.6. The number of hydrogen-bond acceptors (Lipinski definition) is 7. The van der Waals surface area contributed by atoms with Gasteiger partial charge in [0.1, 0.15) is 22.7 Å². The van der Waals surface area contributed by atoms with Gasteiger partial charge in [0.2, 0.25) is 0 Å². The number of methoxy groups -OCH3 is 1. The van der Waals surface area contributed by atoms with Crippen LogP contribution in [-0.2, 0) is 4.74 Å². The quantitative estimate of drug-likeness (QED) is 0.765. The number of fused-ring (bicyclic) bond motifs is 1. The molecule has 7 nitrogen and oxygen atoms in total. The molecular formula is C21H24ClN3O4. The number of halogens is 1. The van der Waals surface area contributed by atoms with Crippen LogP contribution in [0.15, 0.2) is 30.5 Å². The molecule has 2 aliphatic rings. The fourth-order valence-corrected chi connectivity index (χ4v) is 4.55. The number of anilines is 1. The maximum absolute atomic E-state index is 11.7. The second-order valence-electron chi connectivity index (χ2n) is 7.73. The molecule has 1 N–H and O–H groups in total. The Morgan fingerprint density at radius 1 is 1.28 bits per heavy atom. The van der Waals surface area contributed by atoms with Crippen molar-refractivity contribution in [3.05, 3.63) is 46.9 Å². The van der Waals surface area contributed by atoms with Crippen LogP contribution in [0.2, 0.25) is 5.02 Å². The predicted molar refractivity (Wildman–Crippen MR) is 108 cm³/mol. The third kappa shape index (κ3) is 4.16. The minimum absolute atomic E-state index is 0.327. The average Bonchev–Trinajstić information content (AvgIpc) is 3.12. The van der Waals surface area contributed by atoms with Crippen molar-refractivity contribution in [1.82, 2.24) is 9.97 Å². The number of aromatic nitrogens is 2. The summed E-state index contributed by atoms with van der Waals surface area (Å²) in [5.41, 5.74) is 0.425. The molecule has 154 valence electrons. The average molecular weight is 418 g/mol. The van der Waals surface area contributed by atoms with Gasteiger partial charge in [-0.1, -0.05) is 17.7 Å². The summed E-state index contributed by atoms with van der Waals surface area (Å²) < 4.78 is 10.8. The number of hydrogen-bond donors (Lipinski definition) is 1. The number of aliphatic hydroxyl groups is 1. The number of esters is 1. The van der Waals surface area contributed by atoms with Gasteiger partial charge in [0, 0.05) is 13.1 Å². The second kappa shape index (κ2) is 8.16. The molecule has 1 aromatic carbocycles. The van der Waals surface area contributed by atoms with Gasteiger partial charge in [-0.3, -0.25) is 0 Å². The topological polar surface area (TPSA) is 84.8 Å². The van der Waals surface area contributed by atoms with Crippen LogP contribution in [0.3, 0.4) is 0 Å². The van der Waals surface area contributed by atoms with E-state index in [9.17, 15) is 9.90 Å². The van der Waals surface area contributed by atoms with Crippen LogP contribution in [0, 0.1) is 18.8 Å². The number of ether oxygens (including phenoxy) is 2. The molecular weight excluding hydrogens is 394 g/mol. The van der Waals surface area contributed by atoms with Gasteiger partial charge in [0.05, 0.1) is 25.0 Å². The Morgan fingerprint density at radius 3 is 2.79 bits per heavy atom.